The smallest absolute Gasteiger partial charge is 0.284 e. The van der Waals surface area contributed by atoms with Gasteiger partial charge in [0.15, 0.2) is 11.2 Å². The maximum atomic E-state index is 13.6. The largest absolute Gasteiger partial charge is 0.398 e. The molecule has 0 radical (unpaired) electrons. The summed E-state index contributed by atoms with van der Waals surface area (Å²) in [6.45, 7) is 1.77. The van der Waals surface area contributed by atoms with Crippen LogP contribution in [0.1, 0.15) is 17.1 Å². The second kappa shape index (κ2) is 7.89. The number of nitrogen functional groups attached to an aromatic ring is 1. The Labute approximate surface area is 187 Å². The van der Waals surface area contributed by atoms with Gasteiger partial charge in [-0.15, -0.1) is 0 Å². The van der Waals surface area contributed by atoms with E-state index in [9.17, 15) is 4.79 Å². The van der Waals surface area contributed by atoms with Crippen molar-refractivity contribution in [2.45, 2.75) is 13.5 Å². The van der Waals surface area contributed by atoms with Gasteiger partial charge < -0.3 is 10.8 Å². The molecule has 33 heavy (non-hydrogen) atoms. The number of hydrogen-bond acceptors (Lipinski definition) is 7. The Bertz CT molecular complexity index is 1650. The summed E-state index contributed by atoms with van der Waals surface area (Å²) in [4.78, 5) is 22.8. The van der Waals surface area contributed by atoms with E-state index in [1.165, 1.54) is 4.68 Å². The molecular weight excluding hydrogens is 420 g/mol. The van der Waals surface area contributed by atoms with E-state index >= 15 is 0 Å². The second-order valence-corrected chi connectivity index (χ2v) is 7.52. The molecule has 4 aromatic heterocycles. The van der Waals surface area contributed by atoms with Crippen molar-refractivity contribution in [1.29, 1.82) is 0 Å². The van der Waals surface area contributed by atoms with Crippen molar-refractivity contribution in [3.8, 4) is 17.5 Å². The quantitative estimate of drug-likeness (QED) is 0.403. The molecule has 4 heterocycles. The molecule has 0 amide bonds. The molecule has 164 valence electrons. The molecule has 1 aromatic carbocycles. The number of aromatic nitrogens is 7. The van der Waals surface area contributed by atoms with Crippen LogP contribution in [0.15, 0.2) is 47.5 Å². The van der Waals surface area contributed by atoms with Crippen molar-refractivity contribution in [2.75, 3.05) is 12.3 Å². The first-order valence-electron chi connectivity index (χ1n) is 10.2. The molecule has 10 nitrogen and oxygen atoms in total. The minimum atomic E-state index is -0.305. The van der Waals surface area contributed by atoms with E-state index in [1.54, 1.807) is 34.8 Å². The Kier molecular flexibility index (Phi) is 4.88. The van der Waals surface area contributed by atoms with E-state index < -0.39 is 0 Å². The highest BCUT2D eigenvalue weighted by Gasteiger charge is 2.20. The molecule has 10 heteroatoms. The number of aliphatic hydroxyl groups excluding tert-OH is 1. The Balaban J connectivity index is 1.78. The van der Waals surface area contributed by atoms with Crippen LogP contribution in [0.2, 0.25) is 0 Å². The summed E-state index contributed by atoms with van der Waals surface area (Å²) >= 11 is 0. The third kappa shape index (κ3) is 3.31. The van der Waals surface area contributed by atoms with E-state index in [1.807, 2.05) is 31.2 Å². The summed E-state index contributed by atoms with van der Waals surface area (Å²) in [5.41, 5.74) is 9.87. The zero-order valence-electron chi connectivity index (χ0n) is 18.0. The van der Waals surface area contributed by atoms with Gasteiger partial charge in [0.25, 0.3) is 5.56 Å². The topological polar surface area (TPSA) is 130 Å². The predicted molar refractivity (Wildman–Crippen MR) is 124 cm³/mol. The van der Waals surface area contributed by atoms with Crippen LogP contribution >= 0.6 is 0 Å². The number of anilines is 1. The molecule has 0 saturated heterocycles. The van der Waals surface area contributed by atoms with Crippen LogP contribution in [0.25, 0.3) is 27.8 Å². The fourth-order valence-corrected chi connectivity index (χ4v) is 3.91. The van der Waals surface area contributed by atoms with Crippen LogP contribution in [0, 0.1) is 18.8 Å². The van der Waals surface area contributed by atoms with Crippen molar-refractivity contribution in [3.63, 3.8) is 0 Å². The number of rotatable bonds is 3. The van der Waals surface area contributed by atoms with Crippen molar-refractivity contribution in [2.24, 2.45) is 7.05 Å². The van der Waals surface area contributed by atoms with Gasteiger partial charge in [0.05, 0.1) is 17.3 Å². The molecule has 3 N–H and O–H groups in total. The van der Waals surface area contributed by atoms with E-state index in [0.717, 1.165) is 11.3 Å². The highest BCUT2D eigenvalue weighted by atomic mass is 16.2. The summed E-state index contributed by atoms with van der Waals surface area (Å²) in [5.74, 6) is 5.90. The van der Waals surface area contributed by atoms with Gasteiger partial charge in [0.1, 0.15) is 30.2 Å². The lowest BCUT2D eigenvalue weighted by Crippen LogP contribution is -2.27. The fraction of sp³-hybridized carbons (Fsp3) is 0.174. The molecule has 5 rings (SSSR count). The third-order valence-electron chi connectivity index (χ3n) is 5.43. The van der Waals surface area contributed by atoms with Crippen LogP contribution in [0.4, 0.5) is 5.69 Å². The van der Waals surface area contributed by atoms with Crippen molar-refractivity contribution >= 4 is 27.8 Å². The molecule has 0 unspecified atom stereocenters. The van der Waals surface area contributed by atoms with Crippen LogP contribution in [-0.4, -0.2) is 45.8 Å². The first kappa shape index (κ1) is 20.4. The summed E-state index contributed by atoms with van der Waals surface area (Å²) in [6.07, 6.45) is 3.16. The lowest BCUT2D eigenvalue weighted by Gasteiger charge is -2.15. The lowest BCUT2D eigenvalue weighted by molar-refractivity contribution is 0.350. The van der Waals surface area contributed by atoms with Gasteiger partial charge in [-0.25, -0.2) is 14.6 Å². The number of hydrogen-bond donors (Lipinski definition) is 2. The van der Waals surface area contributed by atoms with Gasteiger partial charge in [-0.2, -0.15) is 10.2 Å². The van der Waals surface area contributed by atoms with Crippen molar-refractivity contribution in [3.05, 3.63) is 70.2 Å². The van der Waals surface area contributed by atoms with Crippen molar-refractivity contribution in [1.82, 2.24) is 34.1 Å². The average Bonchev–Trinajstić information content (AvgIpc) is 3.35. The Morgan fingerprint density at radius 3 is 2.82 bits per heavy atom. The summed E-state index contributed by atoms with van der Waals surface area (Å²) in [5, 5.41) is 18.5. The van der Waals surface area contributed by atoms with E-state index in [0.29, 0.717) is 39.3 Å². The standard InChI is InChI=1S/C23H20N8O2/c1-14-6-3-4-8-18(14)31-19(27-17-12-26-29(2)21(17)23(31)33)13-30-22-20(15(24)9-10-25-22)16(28-30)7-5-11-32/h3-4,6,8-10,12,32H,11,13H2,1-2H3,(H2,24,25). The summed E-state index contributed by atoms with van der Waals surface area (Å²) in [6, 6.07) is 9.27. The van der Waals surface area contributed by atoms with Crippen LogP contribution in [0.3, 0.4) is 0 Å². The van der Waals surface area contributed by atoms with Gasteiger partial charge in [0, 0.05) is 18.9 Å². The highest BCUT2D eigenvalue weighted by molar-refractivity contribution is 5.92. The number of nitrogens with zero attached hydrogens (tertiary/aromatic N) is 7. The molecule has 0 bridgehead atoms. The highest BCUT2D eigenvalue weighted by Crippen LogP contribution is 2.24. The number of benzene rings is 1. The lowest BCUT2D eigenvalue weighted by atomic mass is 10.2. The van der Waals surface area contributed by atoms with Crippen LogP contribution in [-0.2, 0) is 13.6 Å². The first-order chi connectivity index (χ1) is 16.0. The zero-order valence-corrected chi connectivity index (χ0v) is 18.0. The van der Waals surface area contributed by atoms with Crippen LogP contribution in [0.5, 0.6) is 0 Å². The first-order valence-corrected chi connectivity index (χ1v) is 10.2. The Morgan fingerprint density at radius 1 is 1.21 bits per heavy atom. The van der Waals surface area contributed by atoms with Gasteiger partial charge >= 0.3 is 0 Å². The minimum Gasteiger partial charge on any atom is -0.398 e. The molecule has 0 atom stereocenters. The van der Waals surface area contributed by atoms with E-state index in [-0.39, 0.29) is 18.7 Å². The summed E-state index contributed by atoms with van der Waals surface area (Å²) in [7, 11) is 1.72. The molecule has 5 aromatic rings. The van der Waals surface area contributed by atoms with Gasteiger partial charge in [0.2, 0.25) is 0 Å². The second-order valence-electron chi connectivity index (χ2n) is 7.52. The third-order valence-corrected chi connectivity index (χ3v) is 5.43. The maximum absolute atomic E-state index is 13.6. The molecule has 0 aliphatic rings. The maximum Gasteiger partial charge on any atom is 0.284 e. The van der Waals surface area contributed by atoms with Crippen molar-refractivity contribution < 1.29 is 5.11 Å². The molecule has 0 fully saturated rings. The number of pyridine rings is 1. The average molecular weight is 440 g/mol. The SMILES string of the molecule is Cc1ccccc1-n1c(Cn2nc(C#CCO)c3c(N)ccnc32)nc2cnn(C)c2c1=O. The van der Waals surface area contributed by atoms with Crippen LogP contribution < -0.4 is 11.3 Å². The van der Waals surface area contributed by atoms with Gasteiger partial charge in [-0.1, -0.05) is 24.1 Å². The summed E-state index contributed by atoms with van der Waals surface area (Å²) < 4.78 is 4.72. The molecule has 0 aliphatic heterocycles. The Hall–Kier alpha value is -4.49. The number of fused-ring (bicyclic) bond motifs is 2. The molecule has 0 spiro atoms. The number of nitrogens with two attached hydrogens (primary N) is 1. The minimum absolute atomic E-state index is 0.141. The van der Waals surface area contributed by atoms with E-state index in [4.69, 9.17) is 15.8 Å². The fourth-order valence-electron chi connectivity index (χ4n) is 3.91. The zero-order chi connectivity index (χ0) is 23.1. The number of aliphatic hydroxyl groups is 1. The predicted octanol–water partition coefficient (Wildman–Crippen LogP) is 1.15. The molecule has 0 saturated carbocycles. The molecule has 0 aliphatic carbocycles. The van der Waals surface area contributed by atoms with E-state index in [2.05, 4.69) is 27.0 Å². The normalized spacial score (nSPS) is 11.1. The van der Waals surface area contributed by atoms with Gasteiger partial charge in [-0.05, 0) is 30.5 Å². The number of aryl methyl sites for hydroxylation is 2. The monoisotopic (exact) mass is 440 g/mol. The number of para-hydroxylation sites is 1. The van der Waals surface area contributed by atoms with Gasteiger partial charge in [-0.3, -0.25) is 14.0 Å². The molecular formula is C23H20N8O2. The Morgan fingerprint density at radius 2 is 2.03 bits per heavy atom.